The number of carbonyl (C=O) groups is 1. The Hall–Kier alpha value is -1.90. The smallest absolute Gasteiger partial charge is 0.337 e. The van der Waals surface area contributed by atoms with Crippen LogP contribution in [0.15, 0.2) is 35.5 Å². The number of methoxy groups -OCH3 is 1. The van der Waals surface area contributed by atoms with Gasteiger partial charge in [0, 0.05) is 18.3 Å². The zero-order valence-electron chi connectivity index (χ0n) is 11.0. The number of aromatic amines is 1. The maximum absolute atomic E-state index is 12.2. The van der Waals surface area contributed by atoms with Crippen molar-refractivity contribution in [3.05, 3.63) is 46.7 Å². The number of aromatic nitrogens is 2. The SMILES string of the molecule is COC(=O)c1ccc(Cl)c(S(=O)(=O)NCc2cn[nH]c2)c1. The molecule has 0 saturated heterocycles. The third-order valence-electron chi connectivity index (χ3n) is 2.66. The minimum Gasteiger partial charge on any atom is -0.465 e. The van der Waals surface area contributed by atoms with E-state index in [1.165, 1.54) is 31.5 Å². The van der Waals surface area contributed by atoms with Crippen LogP contribution in [0.2, 0.25) is 5.02 Å². The number of hydrogen-bond acceptors (Lipinski definition) is 5. The number of carbonyl (C=O) groups excluding carboxylic acids is 1. The molecule has 2 N–H and O–H groups in total. The molecule has 112 valence electrons. The van der Waals surface area contributed by atoms with E-state index in [2.05, 4.69) is 19.7 Å². The first-order chi connectivity index (χ1) is 9.94. The van der Waals surface area contributed by atoms with Gasteiger partial charge in [0.1, 0.15) is 4.90 Å². The Balaban J connectivity index is 2.28. The Morgan fingerprint density at radius 3 is 2.86 bits per heavy atom. The Kier molecular flexibility index (Phi) is 4.61. The fourth-order valence-corrected chi connectivity index (χ4v) is 3.13. The number of benzene rings is 1. The number of ether oxygens (including phenoxy) is 1. The van der Waals surface area contributed by atoms with Gasteiger partial charge in [-0.1, -0.05) is 11.6 Å². The van der Waals surface area contributed by atoms with Gasteiger partial charge >= 0.3 is 5.97 Å². The summed E-state index contributed by atoms with van der Waals surface area (Å²) in [6, 6.07) is 3.90. The van der Waals surface area contributed by atoms with Gasteiger partial charge in [-0.15, -0.1) is 0 Å². The molecule has 1 aromatic carbocycles. The monoisotopic (exact) mass is 329 g/mol. The van der Waals surface area contributed by atoms with Gasteiger partial charge in [0.2, 0.25) is 10.0 Å². The van der Waals surface area contributed by atoms with Crippen molar-refractivity contribution in [3.63, 3.8) is 0 Å². The Morgan fingerprint density at radius 2 is 2.24 bits per heavy atom. The second-order valence-corrected chi connectivity index (χ2v) is 6.21. The number of sulfonamides is 1. The minimum atomic E-state index is -3.86. The minimum absolute atomic E-state index is 0.0161. The third-order valence-corrected chi connectivity index (χ3v) is 4.55. The molecular formula is C12H12ClN3O4S. The van der Waals surface area contributed by atoms with Gasteiger partial charge in [0.25, 0.3) is 0 Å². The molecule has 0 aliphatic carbocycles. The van der Waals surface area contributed by atoms with E-state index < -0.39 is 16.0 Å². The van der Waals surface area contributed by atoms with Gasteiger partial charge in [0.15, 0.2) is 0 Å². The summed E-state index contributed by atoms with van der Waals surface area (Å²) in [4.78, 5) is 11.3. The van der Waals surface area contributed by atoms with Crippen molar-refractivity contribution in [1.82, 2.24) is 14.9 Å². The molecule has 2 aromatic rings. The van der Waals surface area contributed by atoms with Crippen LogP contribution in [0.25, 0.3) is 0 Å². The quantitative estimate of drug-likeness (QED) is 0.806. The van der Waals surface area contributed by atoms with Gasteiger partial charge in [-0.25, -0.2) is 17.9 Å². The molecule has 21 heavy (non-hydrogen) atoms. The van der Waals surface area contributed by atoms with E-state index in [1.807, 2.05) is 0 Å². The van der Waals surface area contributed by atoms with E-state index in [0.717, 1.165) is 0 Å². The van der Waals surface area contributed by atoms with Crippen molar-refractivity contribution < 1.29 is 17.9 Å². The van der Waals surface area contributed by atoms with Crippen molar-refractivity contribution in [2.45, 2.75) is 11.4 Å². The zero-order valence-corrected chi connectivity index (χ0v) is 12.5. The summed E-state index contributed by atoms with van der Waals surface area (Å²) in [5, 5.41) is 6.31. The molecule has 0 fully saturated rings. The molecule has 9 heteroatoms. The Morgan fingerprint density at radius 1 is 1.48 bits per heavy atom. The van der Waals surface area contributed by atoms with Crippen LogP contribution in [-0.4, -0.2) is 31.7 Å². The molecule has 0 atom stereocenters. The van der Waals surface area contributed by atoms with Gasteiger partial charge in [0.05, 0.1) is 23.9 Å². The molecule has 0 unspecified atom stereocenters. The highest BCUT2D eigenvalue weighted by Gasteiger charge is 2.20. The van der Waals surface area contributed by atoms with Gasteiger partial charge in [-0.3, -0.25) is 5.10 Å². The van der Waals surface area contributed by atoms with E-state index >= 15 is 0 Å². The van der Waals surface area contributed by atoms with Crippen LogP contribution in [0.1, 0.15) is 15.9 Å². The average molecular weight is 330 g/mol. The second kappa shape index (κ2) is 6.25. The maximum atomic E-state index is 12.2. The zero-order chi connectivity index (χ0) is 15.5. The summed E-state index contributed by atoms with van der Waals surface area (Å²) in [5.74, 6) is -0.641. The van der Waals surface area contributed by atoms with Crippen LogP contribution in [0.5, 0.6) is 0 Å². The van der Waals surface area contributed by atoms with E-state index in [9.17, 15) is 13.2 Å². The summed E-state index contributed by atoms with van der Waals surface area (Å²) in [6.45, 7) is 0.0532. The molecule has 0 saturated carbocycles. The molecule has 7 nitrogen and oxygen atoms in total. The Bertz CT molecular complexity index is 744. The highest BCUT2D eigenvalue weighted by atomic mass is 35.5. The van der Waals surface area contributed by atoms with Crippen molar-refractivity contribution in [1.29, 1.82) is 0 Å². The lowest BCUT2D eigenvalue weighted by Gasteiger charge is -2.09. The summed E-state index contributed by atoms with van der Waals surface area (Å²) in [7, 11) is -2.65. The van der Waals surface area contributed by atoms with E-state index in [-0.39, 0.29) is 22.0 Å². The lowest BCUT2D eigenvalue weighted by molar-refractivity contribution is 0.0600. The predicted molar refractivity (Wildman–Crippen MR) is 75.4 cm³/mol. The van der Waals surface area contributed by atoms with Crippen molar-refractivity contribution in [3.8, 4) is 0 Å². The van der Waals surface area contributed by atoms with Crippen LogP contribution in [-0.2, 0) is 21.3 Å². The molecule has 0 aliphatic heterocycles. The number of halogens is 1. The van der Waals surface area contributed by atoms with Crippen molar-refractivity contribution in [2.75, 3.05) is 7.11 Å². The second-order valence-electron chi connectivity index (χ2n) is 4.07. The van der Waals surface area contributed by atoms with Crippen LogP contribution >= 0.6 is 11.6 Å². The maximum Gasteiger partial charge on any atom is 0.337 e. The van der Waals surface area contributed by atoms with Crippen molar-refractivity contribution >= 4 is 27.6 Å². The van der Waals surface area contributed by atoms with Gasteiger partial charge in [-0.05, 0) is 18.2 Å². The highest BCUT2D eigenvalue weighted by Crippen LogP contribution is 2.23. The fraction of sp³-hybridized carbons (Fsp3) is 0.167. The molecule has 1 aromatic heterocycles. The molecule has 2 rings (SSSR count). The molecular weight excluding hydrogens is 318 g/mol. The third kappa shape index (κ3) is 3.60. The van der Waals surface area contributed by atoms with Gasteiger partial charge in [-0.2, -0.15) is 5.10 Å². The van der Waals surface area contributed by atoms with E-state index in [1.54, 1.807) is 6.20 Å². The first-order valence-corrected chi connectivity index (χ1v) is 7.65. The molecule has 0 amide bonds. The average Bonchev–Trinajstić information content (AvgIpc) is 2.98. The highest BCUT2D eigenvalue weighted by molar-refractivity contribution is 7.89. The lowest BCUT2D eigenvalue weighted by atomic mass is 10.2. The Labute approximate surface area is 126 Å². The molecule has 0 bridgehead atoms. The summed E-state index contributed by atoms with van der Waals surface area (Å²) in [5.41, 5.74) is 0.768. The van der Waals surface area contributed by atoms with Crippen LogP contribution in [0.3, 0.4) is 0 Å². The number of hydrogen-bond donors (Lipinski definition) is 2. The molecule has 0 aliphatic rings. The van der Waals surface area contributed by atoms with Crippen LogP contribution in [0, 0.1) is 0 Å². The topological polar surface area (TPSA) is 101 Å². The lowest BCUT2D eigenvalue weighted by Crippen LogP contribution is -2.23. The summed E-state index contributed by atoms with van der Waals surface area (Å²) < 4.78 is 31.4. The first-order valence-electron chi connectivity index (χ1n) is 5.79. The van der Waals surface area contributed by atoms with E-state index in [0.29, 0.717) is 5.56 Å². The molecule has 1 heterocycles. The number of esters is 1. The number of nitrogens with one attached hydrogen (secondary N) is 2. The number of H-pyrrole nitrogens is 1. The summed E-state index contributed by atoms with van der Waals surface area (Å²) >= 11 is 5.90. The fourth-order valence-electron chi connectivity index (χ4n) is 1.58. The predicted octanol–water partition coefficient (Wildman–Crippen LogP) is 1.33. The normalized spacial score (nSPS) is 11.3. The largest absolute Gasteiger partial charge is 0.465 e. The van der Waals surface area contributed by atoms with Crippen molar-refractivity contribution in [2.24, 2.45) is 0 Å². The summed E-state index contributed by atoms with van der Waals surface area (Å²) in [6.07, 6.45) is 3.06. The standard InChI is InChI=1S/C12H12ClN3O4S/c1-20-12(17)9-2-3-10(13)11(4-9)21(18,19)16-7-8-5-14-15-6-8/h2-6,16H,7H2,1H3,(H,14,15). The number of nitrogens with zero attached hydrogens (tertiary/aromatic N) is 1. The van der Waals surface area contributed by atoms with Crippen LogP contribution < -0.4 is 4.72 Å². The number of rotatable bonds is 5. The first kappa shape index (κ1) is 15.5. The van der Waals surface area contributed by atoms with Gasteiger partial charge < -0.3 is 4.74 Å². The van der Waals surface area contributed by atoms with E-state index in [4.69, 9.17) is 11.6 Å². The van der Waals surface area contributed by atoms with Crippen LogP contribution in [0.4, 0.5) is 0 Å². The molecule has 0 radical (unpaired) electrons. The molecule has 0 spiro atoms.